The average Bonchev–Trinajstić information content (AvgIpc) is 2.35. The molecule has 0 bridgehead atoms. The summed E-state index contributed by atoms with van der Waals surface area (Å²) in [5.41, 5.74) is -0.956. The first-order valence-corrected chi connectivity index (χ1v) is 7.57. The minimum atomic E-state index is -4.55. The highest BCUT2D eigenvalue weighted by Crippen LogP contribution is 2.33. The molecule has 0 fully saturated rings. The summed E-state index contributed by atoms with van der Waals surface area (Å²) >= 11 is 0. The first kappa shape index (κ1) is 17.0. The second-order valence-corrected chi connectivity index (χ2v) is 7.73. The van der Waals surface area contributed by atoms with Crippen molar-refractivity contribution in [2.75, 3.05) is 13.6 Å². The fourth-order valence-electron chi connectivity index (χ4n) is 1.72. The number of benzene rings is 1. The number of halogens is 3. The number of hydrogen-bond acceptors (Lipinski definition) is 3. The number of hydrogen-bond donors (Lipinski definition) is 1. The van der Waals surface area contributed by atoms with Crippen molar-refractivity contribution >= 4 is 9.84 Å². The molecule has 7 heteroatoms. The summed E-state index contributed by atoms with van der Waals surface area (Å²) in [6.07, 6.45) is -4.25. The summed E-state index contributed by atoms with van der Waals surface area (Å²) < 4.78 is 61.7. The normalized spacial score (nSPS) is 13.5. The topological polar surface area (TPSA) is 46.2 Å². The Bertz CT molecular complexity index is 565. The van der Waals surface area contributed by atoms with Crippen LogP contribution in [0.4, 0.5) is 13.2 Å². The summed E-state index contributed by atoms with van der Waals surface area (Å²) in [6, 6.07) is 3.87. The molecule has 0 saturated carbocycles. The Morgan fingerprint density at radius 3 is 2.30 bits per heavy atom. The van der Waals surface area contributed by atoms with Crippen molar-refractivity contribution in [2.24, 2.45) is 0 Å². The van der Waals surface area contributed by atoms with Gasteiger partial charge in [-0.3, -0.25) is 0 Å². The molecule has 0 spiro atoms. The molecule has 0 heterocycles. The predicted octanol–water partition coefficient (Wildman–Crippen LogP) is 2.87. The molecule has 0 atom stereocenters. The smallest absolute Gasteiger partial charge is 0.320 e. The van der Waals surface area contributed by atoms with Crippen molar-refractivity contribution in [2.45, 2.75) is 36.1 Å². The number of alkyl halides is 3. The van der Waals surface area contributed by atoms with E-state index in [9.17, 15) is 21.6 Å². The minimum Gasteiger partial charge on any atom is -0.320 e. The van der Waals surface area contributed by atoms with Gasteiger partial charge in [0, 0.05) is 0 Å². The molecule has 20 heavy (non-hydrogen) atoms. The quantitative estimate of drug-likeness (QED) is 0.910. The Labute approximate surface area is 117 Å². The maximum absolute atomic E-state index is 12.7. The van der Waals surface area contributed by atoms with E-state index in [-0.39, 0.29) is 4.90 Å². The molecule has 1 rings (SSSR count). The van der Waals surface area contributed by atoms with E-state index in [0.717, 1.165) is 12.1 Å². The Kier molecular flexibility index (Phi) is 4.86. The Hall–Kier alpha value is -1.08. The highest BCUT2D eigenvalue weighted by atomic mass is 32.2. The van der Waals surface area contributed by atoms with Gasteiger partial charge in [-0.05, 0) is 52.1 Å². The number of sulfone groups is 1. The SMILES string of the molecule is CNCCC(C)(C)S(=O)(=O)c1cccc(C(F)(F)F)c1. The molecular weight excluding hydrogens is 291 g/mol. The van der Waals surface area contributed by atoms with E-state index < -0.39 is 26.3 Å². The van der Waals surface area contributed by atoms with Crippen LogP contribution in [0.5, 0.6) is 0 Å². The maximum atomic E-state index is 12.7. The van der Waals surface area contributed by atoms with Gasteiger partial charge in [-0.25, -0.2) is 8.42 Å². The van der Waals surface area contributed by atoms with Crippen LogP contribution in [-0.4, -0.2) is 26.8 Å². The highest BCUT2D eigenvalue weighted by molar-refractivity contribution is 7.92. The van der Waals surface area contributed by atoms with Gasteiger partial charge in [0.25, 0.3) is 0 Å². The van der Waals surface area contributed by atoms with Crippen molar-refractivity contribution in [1.82, 2.24) is 5.32 Å². The van der Waals surface area contributed by atoms with Gasteiger partial charge in [0.15, 0.2) is 9.84 Å². The molecule has 0 aliphatic carbocycles. The van der Waals surface area contributed by atoms with Crippen LogP contribution in [0.15, 0.2) is 29.2 Å². The fraction of sp³-hybridized carbons (Fsp3) is 0.538. The van der Waals surface area contributed by atoms with Crippen molar-refractivity contribution in [1.29, 1.82) is 0 Å². The van der Waals surface area contributed by atoms with E-state index in [1.54, 1.807) is 7.05 Å². The Balaban J connectivity index is 3.23. The largest absolute Gasteiger partial charge is 0.416 e. The van der Waals surface area contributed by atoms with Crippen LogP contribution >= 0.6 is 0 Å². The summed E-state index contributed by atoms with van der Waals surface area (Å²) in [4.78, 5) is -0.298. The third-order valence-electron chi connectivity index (χ3n) is 3.18. The van der Waals surface area contributed by atoms with Gasteiger partial charge < -0.3 is 5.32 Å². The van der Waals surface area contributed by atoms with Crippen LogP contribution in [0.25, 0.3) is 0 Å². The van der Waals surface area contributed by atoms with Gasteiger partial charge in [-0.1, -0.05) is 6.07 Å². The minimum absolute atomic E-state index is 0.298. The molecule has 114 valence electrons. The van der Waals surface area contributed by atoms with E-state index in [0.29, 0.717) is 19.0 Å². The predicted molar refractivity (Wildman–Crippen MR) is 71.3 cm³/mol. The molecule has 0 aliphatic rings. The van der Waals surface area contributed by atoms with Gasteiger partial charge >= 0.3 is 6.18 Å². The van der Waals surface area contributed by atoms with Gasteiger partial charge in [0.2, 0.25) is 0 Å². The van der Waals surface area contributed by atoms with Gasteiger partial charge in [0.1, 0.15) is 0 Å². The molecule has 0 aromatic heterocycles. The molecule has 0 unspecified atom stereocenters. The molecular formula is C13H18F3NO2S. The molecule has 1 N–H and O–H groups in total. The van der Waals surface area contributed by atoms with E-state index >= 15 is 0 Å². The Morgan fingerprint density at radius 2 is 1.80 bits per heavy atom. The molecule has 1 aromatic carbocycles. The highest BCUT2D eigenvalue weighted by Gasteiger charge is 2.37. The van der Waals surface area contributed by atoms with E-state index in [1.807, 2.05) is 0 Å². The molecule has 0 saturated heterocycles. The molecule has 1 aromatic rings. The molecule has 0 aliphatic heterocycles. The van der Waals surface area contributed by atoms with Gasteiger partial charge in [0.05, 0.1) is 15.2 Å². The third-order valence-corrected chi connectivity index (χ3v) is 5.71. The van der Waals surface area contributed by atoms with Crippen molar-refractivity contribution in [3.63, 3.8) is 0 Å². The van der Waals surface area contributed by atoms with Crippen LogP contribution in [0.2, 0.25) is 0 Å². The van der Waals surface area contributed by atoms with Gasteiger partial charge in [-0.15, -0.1) is 0 Å². The zero-order valence-corrected chi connectivity index (χ0v) is 12.4. The molecule has 0 radical (unpaired) electrons. The monoisotopic (exact) mass is 309 g/mol. The van der Waals surface area contributed by atoms with E-state index in [2.05, 4.69) is 5.32 Å². The second kappa shape index (κ2) is 5.73. The van der Waals surface area contributed by atoms with Crippen molar-refractivity contribution < 1.29 is 21.6 Å². The molecule has 3 nitrogen and oxygen atoms in total. The molecule has 0 amide bonds. The lowest BCUT2D eigenvalue weighted by atomic mass is 10.1. The van der Waals surface area contributed by atoms with E-state index in [1.165, 1.54) is 19.9 Å². The lowest BCUT2D eigenvalue weighted by molar-refractivity contribution is -0.137. The lowest BCUT2D eigenvalue weighted by Crippen LogP contribution is -2.35. The standard InChI is InChI=1S/C13H18F3NO2S/c1-12(2,7-8-17-3)20(18,19)11-6-4-5-10(9-11)13(14,15)16/h4-6,9,17H,7-8H2,1-3H3. The van der Waals surface area contributed by atoms with Crippen molar-refractivity contribution in [3.8, 4) is 0 Å². The summed E-state index contributed by atoms with van der Waals surface area (Å²) in [5.74, 6) is 0. The third kappa shape index (κ3) is 3.52. The van der Waals surface area contributed by atoms with Crippen LogP contribution in [0.3, 0.4) is 0 Å². The van der Waals surface area contributed by atoms with E-state index in [4.69, 9.17) is 0 Å². The summed E-state index contributed by atoms with van der Waals surface area (Å²) in [7, 11) is -2.15. The van der Waals surface area contributed by atoms with Crippen LogP contribution in [-0.2, 0) is 16.0 Å². The second-order valence-electron chi connectivity index (χ2n) is 5.14. The van der Waals surface area contributed by atoms with Crippen LogP contribution < -0.4 is 5.32 Å². The summed E-state index contributed by atoms with van der Waals surface area (Å²) in [6.45, 7) is 3.49. The number of rotatable bonds is 5. The first-order chi connectivity index (χ1) is 9.02. The zero-order chi connectivity index (χ0) is 15.6. The average molecular weight is 309 g/mol. The zero-order valence-electron chi connectivity index (χ0n) is 11.6. The van der Waals surface area contributed by atoms with Crippen molar-refractivity contribution in [3.05, 3.63) is 29.8 Å². The fourth-order valence-corrected chi connectivity index (χ4v) is 3.27. The summed E-state index contributed by atoms with van der Waals surface area (Å²) in [5, 5.41) is 2.84. The maximum Gasteiger partial charge on any atom is 0.416 e. The number of nitrogens with one attached hydrogen (secondary N) is 1. The van der Waals surface area contributed by atoms with Gasteiger partial charge in [-0.2, -0.15) is 13.2 Å². The lowest BCUT2D eigenvalue weighted by Gasteiger charge is -2.25. The van der Waals surface area contributed by atoms with Crippen LogP contribution in [0.1, 0.15) is 25.8 Å². The van der Waals surface area contributed by atoms with Crippen LogP contribution in [0, 0.1) is 0 Å². The first-order valence-electron chi connectivity index (χ1n) is 6.09. The Morgan fingerprint density at radius 1 is 1.20 bits per heavy atom.